The molecule has 0 amide bonds. The van der Waals surface area contributed by atoms with E-state index in [1.807, 2.05) is 13.8 Å². The van der Waals surface area contributed by atoms with Crippen LogP contribution in [0.15, 0.2) is 0 Å². The van der Waals surface area contributed by atoms with Gasteiger partial charge in [-0.1, -0.05) is 34.6 Å². The second-order valence-corrected chi connectivity index (χ2v) is 17.0. The van der Waals surface area contributed by atoms with Crippen LogP contribution in [0.25, 0.3) is 0 Å². The van der Waals surface area contributed by atoms with Crippen molar-refractivity contribution in [2.75, 3.05) is 6.61 Å². The molecular weight excluding hydrogens is 631 g/mol. The van der Waals surface area contributed by atoms with Gasteiger partial charge < -0.3 is 44.7 Å². The minimum absolute atomic E-state index is 0. The van der Waals surface area contributed by atoms with Crippen LogP contribution in [0, 0.1) is 46.3 Å². The average molecular weight is 687 g/mol. The number of hydrogen-bond acceptors (Lipinski definition) is 12. The zero-order chi connectivity index (χ0) is 33.3. The number of ether oxygens (including phenoxy) is 2. The zero-order valence-corrected chi connectivity index (χ0v) is 31.0. The van der Waals surface area contributed by atoms with Crippen molar-refractivity contribution >= 4 is 10.4 Å². The summed E-state index contributed by atoms with van der Waals surface area (Å²) in [6, 6.07) is 0. The fraction of sp³-hybridized carbons (Fsp3) is 1.00. The van der Waals surface area contributed by atoms with Gasteiger partial charge in [0.1, 0.15) is 18.3 Å². The molecule has 5 rings (SSSR count). The van der Waals surface area contributed by atoms with Gasteiger partial charge >= 0.3 is 29.6 Å². The number of rotatable bonds is 9. The molecule has 0 aromatic carbocycles. The quantitative estimate of drug-likeness (QED) is 0.0927. The van der Waals surface area contributed by atoms with Crippen LogP contribution in [0.1, 0.15) is 92.4 Å². The van der Waals surface area contributed by atoms with Gasteiger partial charge in [-0.2, -0.15) is 0 Å². The molecule has 12 nitrogen and oxygen atoms in total. The SMILES string of the molecule is CC(C)[C@H](CC[C@@H](C)[C@H]1CC(O)C2C3(O)C[C@H](O)[C@@H]4C[C@@H](O)CC[C@]4(C)C3CC[C@@]21C)O[C@@H]1OC[C@@H](OS(=O)(=O)[O-])[C@H](O)[C@H]1O.[Na+]. The van der Waals surface area contributed by atoms with E-state index in [4.69, 9.17) is 9.47 Å². The van der Waals surface area contributed by atoms with Gasteiger partial charge in [-0.3, -0.25) is 4.18 Å². The summed E-state index contributed by atoms with van der Waals surface area (Å²) >= 11 is 0. The monoisotopic (exact) mass is 686 g/mol. The Kier molecular flexibility index (Phi) is 12.2. The molecule has 4 unspecified atom stereocenters. The summed E-state index contributed by atoms with van der Waals surface area (Å²) in [6.07, 6.45) is -2.57. The zero-order valence-electron chi connectivity index (χ0n) is 28.2. The predicted octanol–water partition coefficient (Wildman–Crippen LogP) is -1.55. The van der Waals surface area contributed by atoms with E-state index in [0.717, 1.165) is 25.7 Å². The summed E-state index contributed by atoms with van der Waals surface area (Å²) in [6.45, 7) is 10.0. The van der Waals surface area contributed by atoms with E-state index in [1.54, 1.807) is 0 Å². The second kappa shape index (κ2) is 14.3. The third-order valence-electron chi connectivity index (χ3n) is 13.1. The number of aliphatic hydroxyl groups excluding tert-OH is 5. The van der Waals surface area contributed by atoms with Crippen molar-refractivity contribution in [2.24, 2.45) is 46.3 Å². The molecule has 0 aromatic rings. The molecule has 1 heterocycles. The van der Waals surface area contributed by atoms with Gasteiger partial charge in [-0.05, 0) is 91.8 Å². The van der Waals surface area contributed by atoms with Crippen LogP contribution < -0.4 is 29.6 Å². The predicted molar refractivity (Wildman–Crippen MR) is 160 cm³/mol. The maximum atomic E-state index is 12.5. The second-order valence-electron chi connectivity index (χ2n) is 16.0. The van der Waals surface area contributed by atoms with Crippen LogP contribution >= 0.6 is 0 Å². The Labute approximate surface area is 295 Å². The fourth-order valence-corrected chi connectivity index (χ4v) is 11.4. The molecule has 1 saturated heterocycles. The van der Waals surface area contributed by atoms with Gasteiger partial charge in [0.25, 0.3) is 0 Å². The Hall–Kier alpha value is 0.550. The average Bonchev–Trinajstić information content (AvgIpc) is 3.21. The Bertz CT molecular complexity index is 1160. The molecule has 0 radical (unpaired) electrons. The summed E-state index contributed by atoms with van der Waals surface area (Å²) in [7, 11) is -5.10. The molecule has 0 bridgehead atoms. The summed E-state index contributed by atoms with van der Waals surface area (Å²) in [4.78, 5) is 0. The van der Waals surface area contributed by atoms with Crippen molar-refractivity contribution in [1.29, 1.82) is 0 Å². The smallest absolute Gasteiger partial charge is 0.726 e. The first kappa shape index (κ1) is 39.3. The Balaban J connectivity index is 0.00000480. The van der Waals surface area contributed by atoms with Gasteiger partial charge in [0.15, 0.2) is 6.29 Å². The summed E-state index contributed by atoms with van der Waals surface area (Å²) in [5.74, 6) is -0.194. The van der Waals surface area contributed by atoms with Crippen LogP contribution in [-0.4, -0.2) is 105 Å². The van der Waals surface area contributed by atoms with Crippen LogP contribution in [0.2, 0.25) is 0 Å². The summed E-state index contributed by atoms with van der Waals surface area (Å²) < 4.78 is 48.8. The van der Waals surface area contributed by atoms with Gasteiger partial charge in [0.05, 0.1) is 36.6 Å². The third-order valence-corrected chi connectivity index (χ3v) is 13.5. The van der Waals surface area contributed by atoms with Crippen molar-refractivity contribution in [1.82, 2.24) is 0 Å². The Morgan fingerprint density at radius 2 is 1.59 bits per heavy atom. The van der Waals surface area contributed by atoms with Crippen LogP contribution in [-0.2, 0) is 24.1 Å². The molecule has 0 aromatic heterocycles. The summed E-state index contributed by atoms with van der Waals surface area (Å²) in [5.41, 5.74) is -1.83. The maximum absolute atomic E-state index is 12.5. The van der Waals surface area contributed by atoms with E-state index in [0.29, 0.717) is 25.7 Å². The Morgan fingerprint density at radius 1 is 0.935 bits per heavy atom. The molecule has 4 aliphatic carbocycles. The largest absolute Gasteiger partial charge is 1.00 e. The first-order valence-corrected chi connectivity index (χ1v) is 18.2. The molecule has 4 saturated carbocycles. The van der Waals surface area contributed by atoms with Crippen molar-refractivity contribution in [3.63, 3.8) is 0 Å². The van der Waals surface area contributed by atoms with Crippen LogP contribution in [0.3, 0.4) is 0 Å². The van der Waals surface area contributed by atoms with E-state index < -0.39 is 65.5 Å². The Morgan fingerprint density at radius 3 is 2.22 bits per heavy atom. The van der Waals surface area contributed by atoms with Crippen LogP contribution in [0.4, 0.5) is 0 Å². The molecule has 5 fully saturated rings. The fourth-order valence-electron chi connectivity index (χ4n) is 10.9. The van der Waals surface area contributed by atoms with E-state index >= 15 is 0 Å². The van der Waals surface area contributed by atoms with E-state index in [9.17, 15) is 43.6 Å². The summed E-state index contributed by atoms with van der Waals surface area (Å²) in [5, 5.41) is 66.7. The molecule has 5 aliphatic rings. The van der Waals surface area contributed by atoms with Crippen molar-refractivity contribution in [2.45, 2.75) is 147 Å². The molecule has 1 aliphatic heterocycles. The molecule has 14 heteroatoms. The normalized spacial score (nSPS) is 48.9. The van der Waals surface area contributed by atoms with E-state index in [2.05, 4.69) is 25.0 Å². The van der Waals surface area contributed by atoms with Gasteiger partial charge in [-0.25, -0.2) is 8.42 Å². The molecular formula is C32H55NaO12S. The van der Waals surface area contributed by atoms with Gasteiger partial charge in [-0.15, -0.1) is 0 Å². The molecule has 0 spiro atoms. The minimum Gasteiger partial charge on any atom is -0.726 e. The van der Waals surface area contributed by atoms with Crippen molar-refractivity contribution < 1.29 is 86.8 Å². The minimum atomic E-state index is -5.10. The van der Waals surface area contributed by atoms with Crippen molar-refractivity contribution in [3.8, 4) is 0 Å². The number of hydrogen-bond donors (Lipinski definition) is 6. The molecule has 262 valence electrons. The molecule has 6 N–H and O–H groups in total. The standard InChI is InChI=1S/C32H56O12S.Na/c1-16(2)23(43-29-27(37)26(36)24(15-42-29)44-45(39,40)41)7-6-17(3)19-13-21(34)28-31(19,5)11-9-25-30(4)10-8-18(33)12-20(30)22(35)14-32(25,28)38;/h16-29,33-38H,6-15H2,1-5H3,(H,39,40,41);/q;+1/p-1/t17-,18+,19-,20+,21?,22+,23+,24-,25?,26+,27-,28?,29+,30+,31-,32?;/m1./s1. The van der Waals surface area contributed by atoms with E-state index in [1.165, 1.54) is 0 Å². The van der Waals surface area contributed by atoms with Crippen molar-refractivity contribution in [3.05, 3.63) is 0 Å². The topological polar surface area (TPSA) is 206 Å². The first-order chi connectivity index (χ1) is 20.8. The molecule has 46 heavy (non-hydrogen) atoms. The van der Waals surface area contributed by atoms with Crippen LogP contribution in [0.5, 0.6) is 0 Å². The number of aliphatic hydroxyl groups is 6. The maximum Gasteiger partial charge on any atom is 1.00 e. The molecule has 16 atom stereocenters. The number of fused-ring (bicyclic) bond motifs is 5. The first-order valence-electron chi connectivity index (χ1n) is 16.9. The van der Waals surface area contributed by atoms with Gasteiger partial charge in [0.2, 0.25) is 10.4 Å². The van der Waals surface area contributed by atoms with Gasteiger partial charge in [0, 0.05) is 12.3 Å². The third kappa shape index (κ3) is 7.17. The van der Waals surface area contributed by atoms with E-state index in [-0.39, 0.29) is 88.4 Å².